The highest BCUT2D eigenvalue weighted by Gasteiger charge is 2.12. The number of rotatable bonds is 7. The first-order valence-electron chi connectivity index (χ1n) is 8.19. The maximum Gasteiger partial charge on any atom is 0.163 e. The molecule has 136 valence electrons. The van der Waals surface area contributed by atoms with E-state index in [1.54, 1.807) is 19.2 Å². The van der Waals surface area contributed by atoms with E-state index < -0.39 is 0 Å². The predicted octanol–water partition coefficient (Wildman–Crippen LogP) is 3.14. The third-order valence-corrected chi connectivity index (χ3v) is 3.78. The number of hydrogen-bond donors (Lipinski definition) is 2. The van der Waals surface area contributed by atoms with Gasteiger partial charge in [0.2, 0.25) is 0 Å². The van der Waals surface area contributed by atoms with E-state index in [9.17, 15) is 4.39 Å². The fourth-order valence-electron chi connectivity index (χ4n) is 2.41. The van der Waals surface area contributed by atoms with Crippen LogP contribution in [-0.4, -0.2) is 47.5 Å². The molecule has 0 spiro atoms. The first-order chi connectivity index (χ1) is 12.5. The van der Waals surface area contributed by atoms with Crippen molar-refractivity contribution in [3.63, 3.8) is 0 Å². The number of hydrogen-bond acceptors (Lipinski definition) is 6. The van der Waals surface area contributed by atoms with Crippen molar-refractivity contribution in [3.8, 4) is 11.4 Å². The summed E-state index contributed by atoms with van der Waals surface area (Å²) in [6, 6.07) is 9.92. The van der Waals surface area contributed by atoms with Crippen LogP contribution in [0.25, 0.3) is 11.4 Å². The Kier molecular flexibility index (Phi) is 5.43. The summed E-state index contributed by atoms with van der Waals surface area (Å²) in [6.07, 6.45) is 0. The van der Waals surface area contributed by atoms with Gasteiger partial charge >= 0.3 is 0 Å². The van der Waals surface area contributed by atoms with Crippen LogP contribution in [0.5, 0.6) is 0 Å². The van der Waals surface area contributed by atoms with Crippen LogP contribution >= 0.6 is 0 Å². The van der Waals surface area contributed by atoms with Gasteiger partial charge in [-0.05, 0) is 19.1 Å². The van der Waals surface area contributed by atoms with Gasteiger partial charge in [0.25, 0.3) is 0 Å². The van der Waals surface area contributed by atoms with Gasteiger partial charge in [-0.3, -0.25) is 5.10 Å². The molecule has 0 saturated heterocycles. The predicted molar refractivity (Wildman–Crippen MR) is 99.2 cm³/mol. The lowest BCUT2D eigenvalue weighted by Crippen LogP contribution is -2.23. The molecule has 2 heterocycles. The van der Waals surface area contributed by atoms with Gasteiger partial charge in [-0.15, -0.1) is 0 Å². The fraction of sp³-hybridized carbons (Fsp3) is 0.278. The van der Waals surface area contributed by atoms with E-state index in [-0.39, 0.29) is 5.82 Å². The van der Waals surface area contributed by atoms with Crippen LogP contribution in [0, 0.1) is 12.7 Å². The number of aromatic nitrogens is 4. The number of aryl methyl sites for hydroxylation is 1. The Balaban J connectivity index is 1.98. The SMILES string of the molecule is COCCN(C)c1cc(Nc2cc(C)[nH]n2)nc(-c2cccc(F)c2)n1. The number of benzene rings is 1. The smallest absolute Gasteiger partial charge is 0.163 e. The third kappa shape index (κ3) is 4.34. The van der Waals surface area contributed by atoms with Crippen molar-refractivity contribution < 1.29 is 9.13 Å². The summed E-state index contributed by atoms with van der Waals surface area (Å²) in [4.78, 5) is 11.0. The minimum absolute atomic E-state index is 0.332. The first-order valence-corrected chi connectivity index (χ1v) is 8.19. The lowest BCUT2D eigenvalue weighted by molar-refractivity contribution is 0.206. The molecule has 0 saturated carbocycles. The van der Waals surface area contributed by atoms with Crippen LogP contribution in [0.15, 0.2) is 36.4 Å². The maximum absolute atomic E-state index is 13.6. The Morgan fingerprint density at radius 3 is 2.73 bits per heavy atom. The van der Waals surface area contributed by atoms with Crippen LogP contribution in [0.1, 0.15) is 5.69 Å². The molecular formula is C18H21FN6O. The molecule has 7 nitrogen and oxygen atoms in total. The second-order valence-electron chi connectivity index (χ2n) is 5.92. The van der Waals surface area contributed by atoms with E-state index in [0.717, 1.165) is 5.69 Å². The molecule has 26 heavy (non-hydrogen) atoms. The van der Waals surface area contributed by atoms with Gasteiger partial charge in [-0.1, -0.05) is 12.1 Å². The number of nitrogens with one attached hydrogen (secondary N) is 2. The number of methoxy groups -OCH3 is 1. The molecule has 2 aromatic heterocycles. The zero-order chi connectivity index (χ0) is 18.5. The molecule has 0 aliphatic carbocycles. The second-order valence-corrected chi connectivity index (χ2v) is 5.92. The van der Waals surface area contributed by atoms with E-state index in [1.807, 2.05) is 31.0 Å². The quantitative estimate of drug-likeness (QED) is 0.677. The van der Waals surface area contributed by atoms with Crippen molar-refractivity contribution >= 4 is 17.5 Å². The van der Waals surface area contributed by atoms with E-state index in [2.05, 4.69) is 25.5 Å². The number of H-pyrrole nitrogens is 1. The molecule has 3 rings (SSSR count). The molecular weight excluding hydrogens is 335 g/mol. The van der Waals surface area contributed by atoms with Crippen molar-refractivity contribution in [2.75, 3.05) is 37.5 Å². The summed E-state index contributed by atoms with van der Waals surface area (Å²) in [5, 5.41) is 10.2. The molecule has 0 radical (unpaired) electrons. The molecule has 0 bridgehead atoms. The maximum atomic E-state index is 13.6. The average Bonchev–Trinajstić information content (AvgIpc) is 3.04. The van der Waals surface area contributed by atoms with E-state index in [4.69, 9.17) is 4.74 Å². The van der Waals surface area contributed by atoms with Gasteiger partial charge in [-0.2, -0.15) is 5.10 Å². The highest BCUT2D eigenvalue weighted by Crippen LogP contribution is 2.24. The van der Waals surface area contributed by atoms with Crippen LogP contribution in [0.4, 0.5) is 21.8 Å². The summed E-state index contributed by atoms with van der Waals surface area (Å²) in [7, 11) is 3.57. The zero-order valence-electron chi connectivity index (χ0n) is 15.0. The van der Waals surface area contributed by atoms with Crippen LogP contribution in [-0.2, 0) is 4.74 Å². The fourth-order valence-corrected chi connectivity index (χ4v) is 2.41. The highest BCUT2D eigenvalue weighted by atomic mass is 19.1. The van der Waals surface area contributed by atoms with Gasteiger partial charge < -0.3 is 15.0 Å². The number of anilines is 3. The summed E-state index contributed by atoms with van der Waals surface area (Å²) in [6.45, 7) is 3.15. The van der Waals surface area contributed by atoms with Crippen LogP contribution < -0.4 is 10.2 Å². The highest BCUT2D eigenvalue weighted by molar-refractivity contribution is 5.64. The lowest BCUT2D eigenvalue weighted by atomic mass is 10.2. The number of aromatic amines is 1. The Labute approximate surface area is 151 Å². The molecule has 0 unspecified atom stereocenters. The Hall–Kier alpha value is -3.00. The standard InChI is InChI=1S/C18H21FN6O/c1-12-9-16(24-23-12)20-15-11-17(25(2)7-8-26-3)22-18(21-15)13-5-4-6-14(19)10-13/h4-6,9-11H,7-8H2,1-3H3,(H2,20,21,22,23,24). The number of nitrogens with zero attached hydrogens (tertiary/aromatic N) is 4. The molecule has 0 fully saturated rings. The van der Waals surface area contributed by atoms with Crippen molar-refractivity contribution in [3.05, 3.63) is 47.9 Å². The van der Waals surface area contributed by atoms with Gasteiger partial charge in [0.15, 0.2) is 11.6 Å². The normalized spacial score (nSPS) is 10.8. The topological polar surface area (TPSA) is 79.0 Å². The van der Waals surface area contributed by atoms with E-state index in [0.29, 0.717) is 42.0 Å². The minimum Gasteiger partial charge on any atom is -0.383 e. The van der Waals surface area contributed by atoms with Gasteiger partial charge in [-0.25, -0.2) is 14.4 Å². The molecule has 1 aromatic carbocycles. The lowest BCUT2D eigenvalue weighted by Gasteiger charge is -2.19. The van der Waals surface area contributed by atoms with Crippen LogP contribution in [0.2, 0.25) is 0 Å². The zero-order valence-corrected chi connectivity index (χ0v) is 15.0. The Morgan fingerprint density at radius 2 is 2.04 bits per heavy atom. The molecule has 8 heteroatoms. The summed E-state index contributed by atoms with van der Waals surface area (Å²) < 4.78 is 18.7. The largest absolute Gasteiger partial charge is 0.383 e. The monoisotopic (exact) mass is 356 g/mol. The van der Waals surface area contributed by atoms with E-state index >= 15 is 0 Å². The average molecular weight is 356 g/mol. The minimum atomic E-state index is -0.332. The van der Waals surface area contributed by atoms with Gasteiger partial charge in [0.1, 0.15) is 17.5 Å². The first kappa shape index (κ1) is 17.8. The van der Waals surface area contributed by atoms with Crippen molar-refractivity contribution in [2.45, 2.75) is 6.92 Å². The number of halogens is 1. The van der Waals surface area contributed by atoms with Gasteiger partial charge in [0, 0.05) is 44.1 Å². The summed E-state index contributed by atoms with van der Waals surface area (Å²) in [5.41, 5.74) is 1.54. The number of likely N-dealkylation sites (N-methyl/N-ethyl adjacent to an activating group) is 1. The van der Waals surface area contributed by atoms with Crippen molar-refractivity contribution in [2.24, 2.45) is 0 Å². The van der Waals surface area contributed by atoms with E-state index in [1.165, 1.54) is 12.1 Å². The molecule has 0 aliphatic heterocycles. The summed E-state index contributed by atoms with van der Waals surface area (Å²) in [5.74, 6) is 2.02. The molecule has 0 amide bonds. The Morgan fingerprint density at radius 1 is 1.19 bits per heavy atom. The van der Waals surface area contributed by atoms with Gasteiger partial charge in [0.05, 0.1) is 6.61 Å². The number of ether oxygens (including phenoxy) is 1. The molecule has 0 aliphatic rings. The van der Waals surface area contributed by atoms with Crippen LogP contribution in [0.3, 0.4) is 0 Å². The molecule has 2 N–H and O–H groups in total. The van der Waals surface area contributed by atoms with Crippen molar-refractivity contribution in [1.82, 2.24) is 20.2 Å². The molecule has 3 aromatic rings. The van der Waals surface area contributed by atoms with Crippen molar-refractivity contribution in [1.29, 1.82) is 0 Å². The Bertz CT molecular complexity index is 882. The second kappa shape index (κ2) is 7.92. The third-order valence-electron chi connectivity index (χ3n) is 3.78. The summed E-state index contributed by atoms with van der Waals surface area (Å²) >= 11 is 0. The molecule has 0 atom stereocenters.